The SMILES string of the molecule is COc1cc(C)ccc1OCC(=O)Nc1nc(-c2cc(C)ccc2OC)cs1. The van der Waals surface area contributed by atoms with Gasteiger partial charge in [-0.25, -0.2) is 4.98 Å². The maximum Gasteiger partial charge on any atom is 0.264 e. The highest BCUT2D eigenvalue weighted by Gasteiger charge is 2.13. The molecule has 6 nitrogen and oxygen atoms in total. The number of benzene rings is 2. The molecule has 0 atom stereocenters. The van der Waals surface area contributed by atoms with Gasteiger partial charge >= 0.3 is 0 Å². The summed E-state index contributed by atoms with van der Waals surface area (Å²) in [4.78, 5) is 16.7. The fourth-order valence-electron chi connectivity index (χ4n) is 2.67. The Hall–Kier alpha value is -3.06. The molecule has 0 spiro atoms. The molecule has 0 fully saturated rings. The quantitative estimate of drug-likeness (QED) is 0.636. The van der Waals surface area contributed by atoms with E-state index in [0.29, 0.717) is 16.6 Å². The fraction of sp³-hybridized carbons (Fsp3) is 0.238. The summed E-state index contributed by atoms with van der Waals surface area (Å²) in [6, 6.07) is 11.4. The predicted molar refractivity (Wildman–Crippen MR) is 111 cm³/mol. The Morgan fingerprint density at radius 1 is 1.00 bits per heavy atom. The van der Waals surface area contributed by atoms with Crippen LogP contribution in [-0.4, -0.2) is 31.7 Å². The van der Waals surface area contributed by atoms with Crippen molar-refractivity contribution in [2.45, 2.75) is 13.8 Å². The zero-order valence-electron chi connectivity index (χ0n) is 16.2. The lowest BCUT2D eigenvalue weighted by Gasteiger charge is -2.10. The minimum absolute atomic E-state index is 0.137. The maximum absolute atomic E-state index is 12.2. The third-order valence-corrected chi connectivity index (χ3v) is 4.82. The number of amides is 1. The molecule has 1 amide bonds. The van der Waals surface area contributed by atoms with Gasteiger partial charge in [0.25, 0.3) is 5.91 Å². The standard InChI is InChI=1S/C21H22N2O4S/c1-13-5-7-17(25-3)15(9-13)16-12-28-21(22-16)23-20(24)11-27-18-8-6-14(2)10-19(18)26-4/h5-10,12H,11H2,1-4H3,(H,22,23,24). The van der Waals surface area contributed by atoms with Crippen LogP contribution in [0.5, 0.6) is 17.2 Å². The molecule has 0 saturated heterocycles. The number of hydrogen-bond donors (Lipinski definition) is 1. The van der Waals surface area contributed by atoms with Gasteiger partial charge in [0.15, 0.2) is 23.2 Å². The first kappa shape index (κ1) is 19.7. The van der Waals surface area contributed by atoms with Crippen LogP contribution in [0.4, 0.5) is 5.13 Å². The van der Waals surface area contributed by atoms with Crippen molar-refractivity contribution in [3.05, 3.63) is 52.9 Å². The number of carbonyl (C=O) groups excluding carboxylic acids is 1. The van der Waals surface area contributed by atoms with Crippen LogP contribution in [0.25, 0.3) is 11.3 Å². The number of rotatable bonds is 7. The second kappa shape index (κ2) is 8.75. The zero-order valence-corrected chi connectivity index (χ0v) is 17.1. The van der Waals surface area contributed by atoms with Crippen molar-refractivity contribution < 1.29 is 19.0 Å². The molecule has 0 aliphatic heterocycles. The summed E-state index contributed by atoms with van der Waals surface area (Å²) in [5.41, 5.74) is 3.80. The number of aryl methyl sites for hydroxylation is 2. The number of carbonyl (C=O) groups is 1. The molecular formula is C21H22N2O4S. The van der Waals surface area contributed by atoms with Gasteiger partial charge in [0, 0.05) is 10.9 Å². The van der Waals surface area contributed by atoms with Gasteiger partial charge in [0.1, 0.15) is 5.75 Å². The van der Waals surface area contributed by atoms with Gasteiger partial charge in [-0.3, -0.25) is 10.1 Å². The van der Waals surface area contributed by atoms with Gasteiger partial charge in [0.2, 0.25) is 0 Å². The van der Waals surface area contributed by atoms with Crippen molar-refractivity contribution in [1.82, 2.24) is 4.98 Å². The molecule has 1 heterocycles. The second-order valence-corrected chi connectivity index (χ2v) is 7.09. The van der Waals surface area contributed by atoms with E-state index in [1.807, 2.05) is 49.6 Å². The van der Waals surface area contributed by atoms with Crippen molar-refractivity contribution in [2.24, 2.45) is 0 Å². The Morgan fingerprint density at radius 2 is 1.68 bits per heavy atom. The summed E-state index contributed by atoms with van der Waals surface area (Å²) < 4.78 is 16.3. The summed E-state index contributed by atoms with van der Waals surface area (Å²) in [5.74, 6) is 1.56. The minimum Gasteiger partial charge on any atom is -0.496 e. The summed E-state index contributed by atoms with van der Waals surface area (Å²) in [6.07, 6.45) is 0. The molecule has 28 heavy (non-hydrogen) atoms. The smallest absolute Gasteiger partial charge is 0.264 e. The zero-order chi connectivity index (χ0) is 20.1. The van der Waals surface area contributed by atoms with Gasteiger partial charge < -0.3 is 14.2 Å². The molecule has 3 rings (SSSR count). The Kier molecular flexibility index (Phi) is 6.16. The molecule has 2 aromatic carbocycles. The second-order valence-electron chi connectivity index (χ2n) is 6.23. The lowest BCUT2D eigenvalue weighted by Crippen LogP contribution is -2.20. The monoisotopic (exact) mass is 398 g/mol. The van der Waals surface area contributed by atoms with Crippen molar-refractivity contribution in [2.75, 3.05) is 26.1 Å². The van der Waals surface area contributed by atoms with Crippen LogP contribution >= 0.6 is 11.3 Å². The lowest BCUT2D eigenvalue weighted by molar-refractivity contribution is -0.118. The van der Waals surface area contributed by atoms with E-state index in [1.165, 1.54) is 11.3 Å². The Balaban J connectivity index is 1.66. The predicted octanol–water partition coefficient (Wildman–Crippen LogP) is 4.46. The highest BCUT2D eigenvalue weighted by molar-refractivity contribution is 7.14. The topological polar surface area (TPSA) is 69.7 Å². The molecule has 0 saturated carbocycles. The first-order chi connectivity index (χ1) is 13.5. The molecular weight excluding hydrogens is 376 g/mol. The van der Waals surface area contributed by atoms with Crippen LogP contribution in [0.3, 0.4) is 0 Å². The summed E-state index contributed by atoms with van der Waals surface area (Å²) >= 11 is 1.35. The number of ether oxygens (including phenoxy) is 3. The van der Waals surface area contributed by atoms with E-state index in [-0.39, 0.29) is 12.5 Å². The molecule has 1 aromatic heterocycles. The molecule has 3 aromatic rings. The lowest BCUT2D eigenvalue weighted by atomic mass is 10.1. The molecule has 1 N–H and O–H groups in total. The van der Waals surface area contributed by atoms with Crippen LogP contribution in [0.15, 0.2) is 41.8 Å². The Bertz CT molecular complexity index is 984. The summed E-state index contributed by atoms with van der Waals surface area (Å²) in [5, 5.41) is 5.15. The largest absolute Gasteiger partial charge is 0.496 e. The van der Waals surface area contributed by atoms with Crippen LogP contribution < -0.4 is 19.5 Å². The summed E-state index contributed by atoms with van der Waals surface area (Å²) in [7, 11) is 3.19. The van der Waals surface area contributed by atoms with Gasteiger partial charge in [-0.15, -0.1) is 11.3 Å². The van der Waals surface area contributed by atoms with Crippen LogP contribution in [0, 0.1) is 13.8 Å². The fourth-order valence-corrected chi connectivity index (χ4v) is 3.40. The normalized spacial score (nSPS) is 10.4. The van der Waals surface area contributed by atoms with Gasteiger partial charge in [-0.1, -0.05) is 17.7 Å². The highest BCUT2D eigenvalue weighted by atomic mass is 32.1. The number of methoxy groups -OCH3 is 2. The van der Waals surface area contributed by atoms with E-state index in [2.05, 4.69) is 10.3 Å². The number of hydrogen-bond acceptors (Lipinski definition) is 6. The number of nitrogens with zero attached hydrogens (tertiary/aromatic N) is 1. The van der Waals surface area contributed by atoms with Gasteiger partial charge in [-0.05, 0) is 43.7 Å². The van der Waals surface area contributed by atoms with Gasteiger partial charge in [0.05, 0.1) is 19.9 Å². The van der Waals surface area contributed by atoms with E-state index < -0.39 is 0 Å². The number of aromatic nitrogens is 1. The average Bonchev–Trinajstić information content (AvgIpc) is 3.15. The number of nitrogens with one attached hydrogen (secondary N) is 1. The molecule has 146 valence electrons. The molecule has 0 unspecified atom stereocenters. The Morgan fingerprint density at radius 3 is 2.39 bits per heavy atom. The first-order valence-electron chi connectivity index (χ1n) is 8.68. The maximum atomic E-state index is 12.2. The van der Waals surface area contributed by atoms with E-state index >= 15 is 0 Å². The van der Waals surface area contributed by atoms with Crippen LogP contribution in [0.2, 0.25) is 0 Å². The molecule has 7 heteroatoms. The van der Waals surface area contributed by atoms with E-state index in [4.69, 9.17) is 14.2 Å². The van der Waals surface area contributed by atoms with Gasteiger partial charge in [-0.2, -0.15) is 0 Å². The first-order valence-corrected chi connectivity index (χ1v) is 9.56. The van der Waals surface area contributed by atoms with Crippen molar-refractivity contribution >= 4 is 22.4 Å². The number of anilines is 1. The average molecular weight is 398 g/mol. The Labute approximate surface area is 168 Å². The van der Waals surface area contributed by atoms with Crippen molar-refractivity contribution in [3.63, 3.8) is 0 Å². The summed E-state index contributed by atoms with van der Waals surface area (Å²) in [6.45, 7) is 3.83. The molecule has 0 aliphatic rings. The van der Waals surface area contributed by atoms with Crippen LogP contribution in [-0.2, 0) is 4.79 Å². The number of thiazole rings is 1. The third-order valence-electron chi connectivity index (χ3n) is 4.06. The van der Waals surface area contributed by atoms with E-state index in [1.54, 1.807) is 20.3 Å². The molecule has 0 aliphatic carbocycles. The van der Waals surface area contributed by atoms with E-state index in [9.17, 15) is 4.79 Å². The minimum atomic E-state index is -0.292. The highest BCUT2D eigenvalue weighted by Crippen LogP contribution is 2.33. The van der Waals surface area contributed by atoms with E-state index in [0.717, 1.165) is 28.1 Å². The third kappa shape index (κ3) is 4.61. The van der Waals surface area contributed by atoms with Crippen LogP contribution in [0.1, 0.15) is 11.1 Å². The molecule has 0 radical (unpaired) electrons. The van der Waals surface area contributed by atoms with Crippen molar-refractivity contribution in [1.29, 1.82) is 0 Å². The van der Waals surface area contributed by atoms with Crippen molar-refractivity contribution in [3.8, 4) is 28.5 Å². The molecule has 0 bridgehead atoms.